The summed E-state index contributed by atoms with van der Waals surface area (Å²) >= 11 is 0. The lowest BCUT2D eigenvalue weighted by Gasteiger charge is -2.26. The Morgan fingerprint density at radius 3 is 2.17 bits per heavy atom. The van der Waals surface area contributed by atoms with Gasteiger partial charge in [-0.2, -0.15) is 0 Å². The van der Waals surface area contributed by atoms with Gasteiger partial charge in [0.1, 0.15) is 5.78 Å². The minimum absolute atomic E-state index is 0.166. The monoisotopic (exact) mass is 168 g/mol. The van der Waals surface area contributed by atoms with Crippen LogP contribution in [0, 0.1) is 5.41 Å². The van der Waals surface area contributed by atoms with E-state index in [9.17, 15) is 4.79 Å². The maximum Gasteiger partial charge on any atom is 0.136 e. The molecule has 12 heavy (non-hydrogen) atoms. The van der Waals surface area contributed by atoms with E-state index in [0.29, 0.717) is 0 Å². The van der Waals surface area contributed by atoms with Gasteiger partial charge in [-0.1, -0.05) is 25.8 Å². The first-order valence-corrected chi connectivity index (χ1v) is 4.58. The van der Waals surface area contributed by atoms with Crippen molar-refractivity contribution in [2.75, 3.05) is 0 Å². The van der Waals surface area contributed by atoms with Crippen molar-refractivity contribution in [3.8, 4) is 0 Å². The highest BCUT2D eigenvalue weighted by Crippen LogP contribution is 2.31. The molecule has 0 spiro atoms. The zero-order chi connectivity index (χ0) is 9.78. The summed E-state index contributed by atoms with van der Waals surface area (Å²) in [6, 6.07) is 0. The molecule has 0 saturated carbocycles. The van der Waals surface area contributed by atoms with E-state index in [-0.39, 0.29) is 11.2 Å². The molecule has 0 saturated heterocycles. The van der Waals surface area contributed by atoms with Crippen LogP contribution >= 0.6 is 0 Å². The van der Waals surface area contributed by atoms with Gasteiger partial charge < -0.3 is 0 Å². The number of Topliss-reactive ketones (excluding diaryl/α,β-unsaturated/α-hetero) is 1. The molecule has 1 heteroatoms. The number of carbonyl (C=O) groups is 1. The fourth-order valence-electron chi connectivity index (χ4n) is 1.61. The third-order valence-corrected chi connectivity index (χ3v) is 2.34. The summed E-state index contributed by atoms with van der Waals surface area (Å²) in [5, 5.41) is 0. The highest BCUT2D eigenvalue weighted by Gasteiger charge is 2.28. The number of allylic oxidation sites excluding steroid dienone is 1. The van der Waals surface area contributed by atoms with Gasteiger partial charge in [0, 0.05) is 5.41 Å². The summed E-state index contributed by atoms with van der Waals surface area (Å²) in [5.41, 5.74) is 0.932. The lowest BCUT2D eigenvalue weighted by Crippen LogP contribution is -2.25. The third kappa shape index (κ3) is 3.21. The zero-order valence-corrected chi connectivity index (χ0v) is 8.74. The van der Waals surface area contributed by atoms with Crippen molar-refractivity contribution in [3.63, 3.8) is 0 Å². The van der Waals surface area contributed by atoms with Crippen molar-refractivity contribution in [3.05, 3.63) is 12.2 Å². The molecule has 0 aliphatic carbocycles. The van der Waals surface area contributed by atoms with Crippen LogP contribution in [0.5, 0.6) is 0 Å². The average Bonchev–Trinajstić information content (AvgIpc) is 1.85. The van der Waals surface area contributed by atoms with Crippen LogP contribution in [0.2, 0.25) is 0 Å². The number of hydrogen-bond acceptors (Lipinski definition) is 1. The molecule has 1 atom stereocenters. The first kappa shape index (κ1) is 11.4. The second kappa shape index (κ2) is 4.44. The second-order valence-corrected chi connectivity index (χ2v) is 4.00. The molecule has 0 aliphatic rings. The maximum absolute atomic E-state index is 11.4. The SMILES string of the molecule is C=C(C)CC(C)(CCC)C(C)=O. The normalized spacial score (nSPS) is 15.3. The third-order valence-electron chi connectivity index (χ3n) is 2.34. The Hall–Kier alpha value is -0.590. The molecule has 0 rings (SSSR count). The van der Waals surface area contributed by atoms with Gasteiger partial charge in [0.05, 0.1) is 0 Å². The van der Waals surface area contributed by atoms with Gasteiger partial charge in [-0.05, 0) is 26.7 Å². The average molecular weight is 168 g/mol. The standard InChI is InChI=1S/C11H20O/c1-6-7-11(5,10(4)12)8-9(2)3/h2,6-8H2,1,3-5H3. The van der Waals surface area contributed by atoms with Crippen molar-refractivity contribution in [1.82, 2.24) is 0 Å². The largest absolute Gasteiger partial charge is 0.299 e. The van der Waals surface area contributed by atoms with Gasteiger partial charge in [-0.25, -0.2) is 0 Å². The van der Waals surface area contributed by atoms with Crippen LogP contribution in [-0.4, -0.2) is 5.78 Å². The van der Waals surface area contributed by atoms with E-state index in [0.717, 1.165) is 24.8 Å². The highest BCUT2D eigenvalue weighted by atomic mass is 16.1. The predicted octanol–water partition coefficient (Wildman–Crippen LogP) is 3.35. The van der Waals surface area contributed by atoms with Crippen LogP contribution in [-0.2, 0) is 4.79 Å². The van der Waals surface area contributed by atoms with E-state index in [1.165, 1.54) is 0 Å². The highest BCUT2D eigenvalue weighted by molar-refractivity contribution is 5.82. The molecular formula is C11H20O. The van der Waals surface area contributed by atoms with Crippen LogP contribution in [0.25, 0.3) is 0 Å². The minimum Gasteiger partial charge on any atom is -0.299 e. The molecule has 0 radical (unpaired) electrons. The first-order chi connectivity index (χ1) is 5.42. The van der Waals surface area contributed by atoms with Crippen LogP contribution in [0.15, 0.2) is 12.2 Å². The molecule has 70 valence electrons. The van der Waals surface area contributed by atoms with Gasteiger partial charge in [0.15, 0.2) is 0 Å². The summed E-state index contributed by atoms with van der Waals surface area (Å²) in [5.74, 6) is 0.285. The van der Waals surface area contributed by atoms with Gasteiger partial charge in [0.2, 0.25) is 0 Å². The van der Waals surface area contributed by atoms with E-state index in [1.54, 1.807) is 6.92 Å². The predicted molar refractivity (Wildman–Crippen MR) is 53.1 cm³/mol. The topological polar surface area (TPSA) is 17.1 Å². The van der Waals surface area contributed by atoms with Crippen molar-refractivity contribution in [2.24, 2.45) is 5.41 Å². The Bertz CT molecular complexity index is 181. The molecule has 0 heterocycles. The van der Waals surface area contributed by atoms with E-state index in [4.69, 9.17) is 0 Å². The Kier molecular flexibility index (Phi) is 4.22. The minimum atomic E-state index is -0.166. The van der Waals surface area contributed by atoms with E-state index in [1.807, 2.05) is 13.8 Å². The fourth-order valence-corrected chi connectivity index (χ4v) is 1.61. The molecule has 0 fully saturated rings. The Morgan fingerprint density at radius 2 is 1.92 bits per heavy atom. The van der Waals surface area contributed by atoms with Crippen LogP contribution in [0.4, 0.5) is 0 Å². The smallest absolute Gasteiger partial charge is 0.136 e. The van der Waals surface area contributed by atoms with Crippen LogP contribution in [0.1, 0.15) is 47.0 Å². The molecular weight excluding hydrogens is 148 g/mol. The molecule has 0 N–H and O–H groups in total. The number of hydrogen-bond donors (Lipinski definition) is 0. The molecule has 1 unspecified atom stereocenters. The molecule has 0 aromatic heterocycles. The summed E-state index contributed by atoms with van der Waals surface area (Å²) < 4.78 is 0. The van der Waals surface area contributed by atoms with E-state index >= 15 is 0 Å². The lowest BCUT2D eigenvalue weighted by atomic mass is 9.77. The molecule has 0 aromatic carbocycles. The molecule has 0 bridgehead atoms. The van der Waals surface area contributed by atoms with Crippen molar-refractivity contribution in [2.45, 2.75) is 47.0 Å². The Balaban J connectivity index is 4.38. The van der Waals surface area contributed by atoms with Crippen molar-refractivity contribution >= 4 is 5.78 Å². The van der Waals surface area contributed by atoms with Crippen molar-refractivity contribution in [1.29, 1.82) is 0 Å². The molecule has 1 nitrogen and oxygen atoms in total. The first-order valence-electron chi connectivity index (χ1n) is 4.58. The summed E-state index contributed by atoms with van der Waals surface area (Å²) in [7, 11) is 0. The molecule has 0 aromatic rings. The maximum atomic E-state index is 11.4. The lowest BCUT2D eigenvalue weighted by molar-refractivity contribution is -0.126. The number of ketones is 1. The zero-order valence-electron chi connectivity index (χ0n) is 8.74. The summed E-state index contributed by atoms with van der Waals surface area (Å²) in [4.78, 5) is 11.4. The molecule has 0 aliphatic heterocycles. The van der Waals surface area contributed by atoms with Crippen molar-refractivity contribution < 1.29 is 4.79 Å². The summed E-state index contributed by atoms with van der Waals surface area (Å²) in [6.07, 6.45) is 2.86. The Labute approximate surface area is 75.9 Å². The Morgan fingerprint density at radius 1 is 1.42 bits per heavy atom. The number of carbonyl (C=O) groups excluding carboxylic acids is 1. The van der Waals surface area contributed by atoms with E-state index < -0.39 is 0 Å². The fraction of sp³-hybridized carbons (Fsp3) is 0.727. The summed E-state index contributed by atoms with van der Waals surface area (Å²) in [6.45, 7) is 11.7. The van der Waals surface area contributed by atoms with Gasteiger partial charge in [-0.3, -0.25) is 4.79 Å². The quantitative estimate of drug-likeness (QED) is 0.575. The second-order valence-electron chi connectivity index (χ2n) is 4.00. The van der Waals surface area contributed by atoms with Gasteiger partial charge >= 0.3 is 0 Å². The number of rotatable bonds is 5. The van der Waals surface area contributed by atoms with E-state index in [2.05, 4.69) is 13.5 Å². The van der Waals surface area contributed by atoms with Crippen LogP contribution in [0.3, 0.4) is 0 Å². The molecule has 0 amide bonds. The van der Waals surface area contributed by atoms with Gasteiger partial charge in [0.25, 0.3) is 0 Å². The van der Waals surface area contributed by atoms with Crippen LogP contribution < -0.4 is 0 Å². The van der Waals surface area contributed by atoms with Gasteiger partial charge in [-0.15, -0.1) is 6.58 Å².